The minimum atomic E-state index is 0.298. The summed E-state index contributed by atoms with van der Waals surface area (Å²) in [6.07, 6.45) is 6.44. The highest BCUT2D eigenvalue weighted by atomic mass is 79.9. The number of thiophene rings is 1. The average Bonchev–Trinajstić information content (AvgIpc) is 2.85. The van der Waals surface area contributed by atoms with Gasteiger partial charge in [0.15, 0.2) is 0 Å². The third-order valence-corrected chi connectivity index (χ3v) is 7.16. The van der Waals surface area contributed by atoms with Crippen LogP contribution in [0.3, 0.4) is 0 Å². The summed E-state index contributed by atoms with van der Waals surface area (Å²) >= 11 is 5.58. The number of hydrogen-bond donors (Lipinski definition) is 1. The Kier molecular flexibility index (Phi) is 6.30. The fourth-order valence-corrected chi connectivity index (χ4v) is 5.29. The van der Waals surface area contributed by atoms with Crippen LogP contribution in [0.25, 0.3) is 0 Å². The molecule has 1 unspecified atom stereocenters. The van der Waals surface area contributed by atoms with Gasteiger partial charge in [0.2, 0.25) is 0 Å². The van der Waals surface area contributed by atoms with Crippen molar-refractivity contribution in [1.82, 2.24) is 10.2 Å². The molecule has 120 valence electrons. The molecule has 0 aromatic carbocycles. The summed E-state index contributed by atoms with van der Waals surface area (Å²) < 4.78 is 1.27. The lowest BCUT2D eigenvalue weighted by atomic mass is 9.71. The molecule has 1 aromatic heterocycles. The first-order valence-electron chi connectivity index (χ1n) is 8.12. The summed E-state index contributed by atoms with van der Waals surface area (Å²) in [5.74, 6) is 0.883. The second-order valence-corrected chi connectivity index (χ2v) is 8.54. The van der Waals surface area contributed by atoms with Crippen molar-refractivity contribution in [2.45, 2.75) is 57.5 Å². The van der Waals surface area contributed by atoms with E-state index in [0.29, 0.717) is 11.6 Å². The third-order valence-electron chi connectivity index (χ3n) is 5.21. The summed E-state index contributed by atoms with van der Waals surface area (Å²) in [5, 5.41) is 5.99. The normalized spacial score (nSPS) is 28.0. The minimum Gasteiger partial charge on any atom is -0.312 e. The molecule has 0 radical (unpaired) electrons. The molecule has 0 bridgehead atoms. The highest BCUT2D eigenvalue weighted by molar-refractivity contribution is 9.10. The van der Waals surface area contributed by atoms with Gasteiger partial charge in [0.05, 0.1) is 0 Å². The lowest BCUT2D eigenvalue weighted by Gasteiger charge is -2.50. The molecule has 2 rings (SSSR count). The molecule has 0 amide bonds. The number of likely N-dealkylation sites (N-methyl/N-ethyl adjacent to an activating group) is 2. The Hall–Kier alpha value is 0.1000. The molecule has 4 heteroatoms. The molecular weight excluding hydrogens is 344 g/mol. The molecular formula is C17H29BrN2S. The van der Waals surface area contributed by atoms with E-state index in [4.69, 9.17) is 0 Å². The smallest absolute Gasteiger partial charge is 0.0360 e. The molecule has 0 saturated heterocycles. The number of halogens is 1. The van der Waals surface area contributed by atoms with Gasteiger partial charge >= 0.3 is 0 Å². The van der Waals surface area contributed by atoms with E-state index >= 15 is 0 Å². The largest absolute Gasteiger partial charge is 0.312 e. The fraction of sp³-hybridized carbons (Fsp3) is 0.765. The van der Waals surface area contributed by atoms with Crippen molar-refractivity contribution in [1.29, 1.82) is 0 Å². The van der Waals surface area contributed by atoms with Crippen molar-refractivity contribution in [3.8, 4) is 0 Å². The molecule has 1 saturated carbocycles. The molecule has 1 aliphatic rings. The molecule has 1 aliphatic carbocycles. The quantitative estimate of drug-likeness (QED) is 0.788. The SMILES string of the molecule is CCNC(Cc1sccc1Br)C1(N(C)C)CCC(C)CC1. The average molecular weight is 373 g/mol. The lowest BCUT2D eigenvalue weighted by molar-refractivity contribution is 0.0442. The summed E-state index contributed by atoms with van der Waals surface area (Å²) in [4.78, 5) is 3.97. The van der Waals surface area contributed by atoms with Crippen molar-refractivity contribution in [2.24, 2.45) is 5.92 Å². The van der Waals surface area contributed by atoms with Gasteiger partial charge in [-0.25, -0.2) is 0 Å². The Balaban J connectivity index is 2.22. The second-order valence-electron chi connectivity index (χ2n) is 6.69. The molecule has 1 heterocycles. The van der Waals surface area contributed by atoms with E-state index in [1.54, 1.807) is 0 Å². The Morgan fingerprint density at radius 3 is 2.57 bits per heavy atom. The van der Waals surface area contributed by atoms with E-state index in [9.17, 15) is 0 Å². The number of rotatable bonds is 6. The molecule has 1 N–H and O–H groups in total. The van der Waals surface area contributed by atoms with Gasteiger partial charge in [0.1, 0.15) is 0 Å². The first-order valence-corrected chi connectivity index (χ1v) is 9.79. The molecule has 2 nitrogen and oxygen atoms in total. The van der Waals surface area contributed by atoms with Crippen LogP contribution in [0.5, 0.6) is 0 Å². The van der Waals surface area contributed by atoms with Crippen LogP contribution in [-0.4, -0.2) is 37.1 Å². The van der Waals surface area contributed by atoms with E-state index in [-0.39, 0.29) is 0 Å². The molecule has 1 fully saturated rings. The van der Waals surface area contributed by atoms with E-state index in [0.717, 1.165) is 18.9 Å². The Labute approximate surface area is 142 Å². The monoisotopic (exact) mass is 372 g/mol. The van der Waals surface area contributed by atoms with Crippen LogP contribution in [0.4, 0.5) is 0 Å². The van der Waals surface area contributed by atoms with Gasteiger partial charge in [-0.2, -0.15) is 0 Å². The molecule has 1 aromatic rings. The molecule has 0 spiro atoms. The minimum absolute atomic E-state index is 0.298. The summed E-state index contributed by atoms with van der Waals surface area (Å²) in [7, 11) is 4.54. The molecule has 0 aliphatic heterocycles. The summed E-state index contributed by atoms with van der Waals surface area (Å²) in [5.41, 5.74) is 0.298. The first kappa shape index (κ1) is 17.5. The number of hydrogen-bond acceptors (Lipinski definition) is 3. The number of nitrogens with zero attached hydrogens (tertiary/aromatic N) is 1. The van der Waals surface area contributed by atoms with Crippen LogP contribution in [0.15, 0.2) is 15.9 Å². The standard InChI is InChI=1S/C17H29BrN2S/c1-5-19-16(12-15-14(18)8-11-21-15)17(20(3)4)9-6-13(2)7-10-17/h8,11,13,16,19H,5-7,9-10,12H2,1-4H3. The van der Waals surface area contributed by atoms with Gasteiger partial charge in [0.25, 0.3) is 0 Å². The van der Waals surface area contributed by atoms with Gasteiger partial charge in [-0.1, -0.05) is 13.8 Å². The van der Waals surface area contributed by atoms with Gasteiger partial charge in [-0.15, -0.1) is 11.3 Å². The van der Waals surface area contributed by atoms with Crippen LogP contribution in [-0.2, 0) is 6.42 Å². The van der Waals surface area contributed by atoms with Gasteiger partial charge in [-0.3, -0.25) is 0 Å². The van der Waals surface area contributed by atoms with E-state index in [2.05, 4.69) is 65.5 Å². The maximum atomic E-state index is 3.80. The summed E-state index contributed by atoms with van der Waals surface area (Å²) in [6, 6.07) is 2.70. The topological polar surface area (TPSA) is 15.3 Å². The van der Waals surface area contributed by atoms with E-state index in [1.165, 1.54) is 35.0 Å². The predicted octanol–water partition coefficient (Wildman–Crippen LogP) is 4.54. The van der Waals surface area contributed by atoms with Gasteiger partial charge in [-0.05, 0) is 79.6 Å². The highest BCUT2D eigenvalue weighted by Crippen LogP contribution is 2.39. The molecule has 21 heavy (non-hydrogen) atoms. The van der Waals surface area contributed by atoms with Crippen LogP contribution in [0, 0.1) is 5.92 Å². The predicted molar refractivity (Wildman–Crippen MR) is 97.2 cm³/mol. The highest BCUT2D eigenvalue weighted by Gasteiger charge is 2.42. The van der Waals surface area contributed by atoms with E-state index in [1.807, 2.05) is 11.3 Å². The maximum Gasteiger partial charge on any atom is 0.0360 e. The third kappa shape index (κ3) is 3.90. The van der Waals surface area contributed by atoms with Crippen LogP contribution < -0.4 is 5.32 Å². The maximum absolute atomic E-state index is 3.80. The second kappa shape index (κ2) is 7.58. The first-order chi connectivity index (χ1) is 9.99. The van der Waals surface area contributed by atoms with Gasteiger partial charge in [0, 0.05) is 27.4 Å². The van der Waals surface area contributed by atoms with Crippen LogP contribution in [0.1, 0.15) is 44.4 Å². The molecule has 1 atom stereocenters. The van der Waals surface area contributed by atoms with Crippen LogP contribution in [0.2, 0.25) is 0 Å². The van der Waals surface area contributed by atoms with Crippen LogP contribution >= 0.6 is 27.3 Å². The van der Waals surface area contributed by atoms with Crippen molar-refractivity contribution in [3.05, 3.63) is 20.8 Å². The van der Waals surface area contributed by atoms with Crippen molar-refractivity contribution >= 4 is 27.3 Å². The van der Waals surface area contributed by atoms with Crippen molar-refractivity contribution in [3.63, 3.8) is 0 Å². The fourth-order valence-electron chi connectivity index (χ4n) is 3.72. The van der Waals surface area contributed by atoms with Crippen molar-refractivity contribution < 1.29 is 0 Å². The summed E-state index contributed by atoms with van der Waals surface area (Å²) in [6.45, 7) is 5.67. The zero-order chi connectivity index (χ0) is 15.5. The Morgan fingerprint density at radius 2 is 2.10 bits per heavy atom. The zero-order valence-electron chi connectivity index (χ0n) is 13.8. The number of nitrogens with one attached hydrogen (secondary N) is 1. The Bertz CT molecular complexity index is 436. The van der Waals surface area contributed by atoms with E-state index < -0.39 is 0 Å². The zero-order valence-corrected chi connectivity index (χ0v) is 16.2. The lowest BCUT2D eigenvalue weighted by Crippen LogP contribution is -2.61. The van der Waals surface area contributed by atoms with Gasteiger partial charge < -0.3 is 10.2 Å². The van der Waals surface area contributed by atoms with Crippen molar-refractivity contribution in [2.75, 3.05) is 20.6 Å². The Morgan fingerprint density at radius 1 is 1.43 bits per heavy atom.